The lowest BCUT2D eigenvalue weighted by Crippen LogP contribution is -2.50. The van der Waals surface area contributed by atoms with Crippen molar-refractivity contribution in [2.45, 2.75) is 52.0 Å². The molecule has 2 rings (SSSR count). The van der Waals surface area contributed by atoms with E-state index in [4.69, 9.17) is 5.26 Å². The van der Waals surface area contributed by atoms with E-state index < -0.39 is 0 Å². The van der Waals surface area contributed by atoms with Gasteiger partial charge in [-0.2, -0.15) is 5.26 Å². The third kappa shape index (κ3) is 3.09. The van der Waals surface area contributed by atoms with Gasteiger partial charge in [0.15, 0.2) is 0 Å². The summed E-state index contributed by atoms with van der Waals surface area (Å²) in [6.07, 6.45) is 5.18. The second-order valence-electron chi connectivity index (χ2n) is 6.51. The van der Waals surface area contributed by atoms with Gasteiger partial charge in [0.2, 0.25) is 5.91 Å². The molecule has 0 aromatic heterocycles. The molecule has 0 aromatic carbocycles. The number of piperidine rings is 1. The van der Waals surface area contributed by atoms with Gasteiger partial charge >= 0.3 is 0 Å². The first-order valence-electron chi connectivity index (χ1n) is 7.47. The Labute approximate surface area is 115 Å². The van der Waals surface area contributed by atoms with Gasteiger partial charge in [-0.05, 0) is 51.1 Å². The number of nitriles is 1. The summed E-state index contributed by atoms with van der Waals surface area (Å²) in [5.74, 6) is 0.515. The van der Waals surface area contributed by atoms with E-state index in [1.165, 1.54) is 0 Å². The quantitative estimate of drug-likeness (QED) is 0.816. The summed E-state index contributed by atoms with van der Waals surface area (Å²) in [5, 5.41) is 15.6. The molecular formula is C15H25N3O. The largest absolute Gasteiger partial charge is 0.352 e. The second kappa shape index (κ2) is 5.92. The fourth-order valence-corrected chi connectivity index (χ4v) is 3.29. The molecule has 106 valence electrons. The van der Waals surface area contributed by atoms with Crippen molar-refractivity contribution >= 4 is 5.91 Å². The van der Waals surface area contributed by atoms with Gasteiger partial charge in [0.25, 0.3) is 0 Å². The molecule has 2 aliphatic rings. The van der Waals surface area contributed by atoms with Crippen molar-refractivity contribution in [3.05, 3.63) is 0 Å². The zero-order chi connectivity index (χ0) is 13.9. The van der Waals surface area contributed by atoms with Crippen LogP contribution in [0.25, 0.3) is 0 Å². The maximum Gasteiger partial charge on any atom is 0.226 e. The molecular weight excluding hydrogens is 238 g/mol. The summed E-state index contributed by atoms with van der Waals surface area (Å²) in [6.45, 7) is 6.06. The summed E-state index contributed by atoms with van der Waals surface area (Å²) in [4.78, 5) is 12.5. The van der Waals surface area contributed by atoms with Crippen molar-refractivity contribution in [1.29, 1.82) is 5.26 Å². The molecule has 4 nitrogen and oxygen atoms in total. The van der Waals surface area contributed by atoms with E-state index in [0.29, 0.717) is 5.92 Å². The summed E-state index contributed by atoms with van der Waals surface area (Å²) >= 11 is 0. The highest BCUT2D eigenvalue weighted by Gasteiger charge is 2.39. The van der Waals surface area contributed by atoms with Gasteiger partial charge in [-0.15, -0.1) is 0 Å². The molecule has 1 saturated carbocycles. The number of carbonyl (C=O) groups excluding carboxylic acids is 1. The first kappa shape index (κ1) is 14.3. The normalized spacial score (nSPS) is 31.7. The SMILES string of the molecule is CC(C)(C(=O)NC1CCCC1C#N)C1CCCNC1. The lowest BCUT2D eigenvalue weighted by molar-refractivity contribution is -0.133. The van der Waals surface area contributed by atoms with E-state index in [1.54, 1.807) is 0 Å². The van der Waals surface area contributed by atoms with E-state index in [-0.39, 0.29) is 23.3 Å². The Balaban J connectivity index is 1.96. The summed E-state index contributed by atoms with van der Waals surface area (Å²) in [5.41, 5.74) is -0.351. The minimum Gasteiger partial charge on any atom is -0.352 e. The van der Waals surface area contributed by atoms with Crippen molar-refractivity contribution < 1.29 is 4.79 Å². The molecule has 1 aliphatic heterocycles. The number of nitrogens with zero attached hydrogens (tertiary/aromatic N) is 1. The van der Waals surface area contributed by atoms with Gasteiger partial charge in [0.1, 0.15) is 0 Å². The van der Waals surface area contributed by atoms with Crippen molar-refractivity contribution in [3.8, 4) is 6.07 Å². The maximum absolute atomic E-state index is 12.5. The number of hydrogen-bond acceptors (Lipinski definition) is 3. The molecule has 0 bridgehead atoms. The predicted octanol–water partition coefficient (Wildman–Crippen LogP) is 1.82. The van der Waals surface area contributed by atoms with E-state index in [2.05, 4.69) is 16.7 Å². The molecule has 1 aliphatic carbocycles. The predicted molar refractivity (Wildman–Crippen MR) is 74.3 cm³/mol. The van der Waals surface area contributed by atoms with Crippen LogP contribution in [0.15, 0.2) is 0 Å². The molecule has 3 unspecified atom stereocenters. The van der Waals surface area contributed by atoms with Crippen molar-refractivity contribution in [2.24, 2.45) is 17.3 Å². The van der Waals surface area contributed by atoms with Crippen LogP contribution >= 0.6 is 0 Å². The van der Waals surface area contributed by atoms with Crippen molar-refractivity contribution in [2.75, 3.05) is 13.1 Å². The summed E-state index contributed by atoms with van der Waals surface area (Å²) < 4.78 is 0. The molecule has 0 spiro atoms. The first-order chi connectivity index (χ1) is 9.05. The van der Waals surface area contributed by atoms with Gasteiger partial charge < -0.3 is 10.6 Å². The fraction of sp³-hybridized carbons (Fsp3) is 0.867. The van der Waals surface area contributed by atoms with Crippen LogP contribution in [0.1, 0.15) is 46.0 Å². The van der Waals surface area contributed by atoms with E-state index in [1.807, 2.05) is 13.8 Å². The topological polar surface area (TPSA) is 64.9 Å². The molecule has 0 radical (unpaired) electrons. The number of carbonyl (C=O) groups is 1. The first-order valence-corrected chi connectivity index (χ1v) is 7.47. The Kier molecular flexibility index (Phi) is 4.46. The van der Waals surface area contributed by atoms with Crippen LogP contribution < -0.4 is 10.6 Å². The zero-order valence-electron chi connectivity index (χ0n) is 12.0. The van der Waals surface area contributed by atoms with Gasteiger partial charge in [0, 0.05) is 11.5 Å². The molecule has 1 amide bonds. The van der Waals surface area contributed by atoms with Crippen LogP contribution in [0, 0.1) is 28.6 Å². The van der Waals surface area contributed by atoms with Gasteiger partial charge in [-0.25, -0.2) is 0 Å². The number of rotatable bonds is 3. The van der Waals surface area contributed by atoms with E-state index in [0.717, 1.165) is 45.2 Å². The Bertz CT molecular complexity index is 366. The average Bonchev–Trinajstić information content (AvgIpc) is 2.87. The minimum atomic E-state index is -0.351. The van der Waals surface area contributed by atoms with Crippen LogP contribution in [0.2, 0.25) is 0 Å². The highest BCUT2D eigenvalue weighted by Crippen LogP contribution is 2.33. The highest BCUT2D eigenvalue weighted by molar-refractivity contribution is 5.82. The van der Waals surface area contributed by atoms with Crippen molar-refractivity contribution in [3.63, 3.8) is 0 Å². The van der Waals surface area contributed by atoms with Gasteiger partial charge in [-0.1, -0.05) is 13.8 Å². The van der Waals surface area contributed by atoms with Crippen LogP contribution in [-0.4, -0.2) is 25.0 Å². The molecule has 19 heavy (non-hydrogen) atoms. The lowest BCUT2D eigenvalue weighted by atomic mass is 9.74. The third-order valence-corrected chi connectivity index (χ3v) is 4.90. The molecule has 3 atom stereocenters. The number of amides is 1. The van der Waals surface area contributed by atoms with Gasteiger partial charge in [0.05, 0.1) is 12.0 Å². The minimum absolute atomic E-state index is 0.00392. The Morgan fingerprint density at radius 3 is 2.74 bits per heavy atom. The van der Waals surface area contributed by atoms with Crippen molar-refractivity contribution in [1.82, 2.24) is 10.6 Å². The Hall–Kier alpha value is -1.08. The molecule has 1 heterocycles. The number of nitrogens with one attached hydrogen (secondary N) is 2. The molecule has 0 aromatic rings. The molecule has 1 saturated heterocycles. The molecule has 4 heteroatoms. The Morgan fingerprint density at radius 2 is 2.11 bits per heavy atom. The summed E-state index contributed by atoms with van der Waals surface area (Å²) in [6, 6.07) is 2.39. The molecule has 2 fully saturated rings. The van der Waals surface area contributed by atoms with Crippen LogP contribution in [0.3, 0.4) is 0 Å². The average molecular weight is 263 g/mol. The van der Waals surface area contributed by atoms with Crippen LogP contribution in [0.4, 0.5) is 0 Å². The van der Waals surface area contributed by atoms with Crippen LogP contribution in [0.5, 0.6) is 0 Å². The highest BCUT2D eigenvalue weighted by atomic mass is 16.2. The van der Waals surface area contributed by atoms with Crippen LogP contribution in [-0.2, 0) is 4.79 Å². The third-order valence-electron chi connectivity index (χ3n) is 4.90. The standard InChI is InChI=1S/C15H25N3O/c1-15(2,12-6-4-8-17-10-12)14(19)18-13-7-3-5-11(13)9-16/h11-13,17H,3-8,10H2,1-2H3,(H,18,19). The zero-order valence-corrected chi connectivity index (χ0v) is 12.0. The summed E-state index contributed by atoms with van der Waals surface area (Å²) in [7, 11) is 0. The maximum atomic E-state index is 12.5. The monoisotopic (exact) mass is 263 g/mol. The smallest absolute Gasteiger partial charge is 0.226 e. The lowest BCUT2D eigenvalue weighted by Gasteiger charge is -2.37. The second-order valence-corrected chi connectivity index (χ2v) is 6.51. The number of hydrogen-bond donors (Lipinski definition) is 2. The van der Waals surface area contributed by atoms with E-state index >= 15 is 0 Å². The Morgan fingerprint density at radius 1 is 1.32 bits per heavy atom. The van der Waals surface area contributed by atoms with E-state index in [9.17, 15) is 4.79 Å². The van der Waals surface area contributed by atoms with Gasteiger partial charge in [-0.3, -0.25) is 4.79 Å². The molecule has 2 N–H and O–H groups in total. The fourth-order valence-electron chi connectivity index (χ4n) is 3.29.